The number of halogens is 2. The second kappa shape index (κ2) is 7.91. The Morgan fingerprint density at radius 3 is 2.12 bits per heavy atom. The highest BCUT2D eigenvalue weighted by molar-refractivity contribution is 7.90. The molecule has 3 rings (SSSR count). The quantitative estimate of drug-likeness (QED) is 0.477. The van der Waals surface area contributed by atoms with E-state index in [0.717, 1.165) is 0 Å². The van der Waals surface area contributed by atoms with Gasteiger partial charge in [0.05, 0.1) is 15.6 Å². The minimum absolute atomic E-state index is 0.104. The van der Waals surface area contributed by atoms with Gasteiger partial charge in [-0.3, -0.25) is 0 Å². The standard InChI is InChI=1S/C19H14Cl2N2O2S/c20-15-11-12-17(21)18(13-15)22-19(14-7-3-1-4-8-14)23-26(24,25)16-9-5-2-6-10-16/h1-13H,(H,22,23). The summed E-state index contributed by atoms with van der Waals surface area (Å²) in [5.41, 5.74) is 1.06. The number of nitrogens with one attached hydrogen (secondary N) is 1. The van der Waals surface area contributed by atoms with E-state index in [1.807, 2.05) is 6.07 Å². The zero-order valence-corrected chi connectivity index (χ0v) is 15.8. The van der Waals surface area contributed by atoms with Crippen LogP contribution in [0, 0.1) is 0 Å². The summed E-state index contributed by atoms with van der Waals surface area (Å²) in [5.74, 6) is 0.151. The Morgan fingerprint density at radius 2 is 1.46 bits per heavy atom. The molecular formula is C19H14Cl2N2O2S. The lowest BCUT2D eigenvalue weighted by Crippen LogP contribution is -2.16. The summed E-state index contributed by atoms with van der Waals surface area (Å²) in [7, 11) is -3.90. The van der Waals surface area contributed by atoms with Crippen LogP contribution in [0.4, 0.5) is 5.69 Å². The fourth-order valence-electron chi connectivity index (χ4n) is 2.23. The lowest BCUT2D eigenvalue weighted by atomic mass is 10.2. The number of rotatable bonds is 4. The van der Waals surface area contributed by atoms with Crippen molar-refractivity contribution in [3.63, 3.8) is 0 Å². The van der Waals surface area contributed by atoms with Crippen molar-refractivity contribution in [3.05, 3.63) is 94.5 Å². The zero-order chi connectivity index (χ0) is 18.6. The van der Waals surface area contributed by atoms with E-state index in [2.05, 4.69) is 9.71 Å². The zero-order valence-electron chi connectivity index (χ0n) is 13.4. The Balaban J connectivity index is 2.09. The van der Waals surface area contributed by atoms with Crippen molar-refractivity contribution in [2.45, 2.75) is 4.90 Å². The molecule has 0 aromatic heterocycles. The summed E-state index contributed by atoms with van der Waals surface area (Å²) >= 11 is 12.2. The van der Waals surface area contributed by atoms with Gasteiger partial charge < -0.3 is 5.32 Å². The maximum atomic E-state index is 12.7. The van der Waals surface area contributed by atoms with Gasteiger partial charge in [0.1, 0.15) is 0 Å². The van der Waals surface area contributed by atoms with Gasteiger partial charge in [-0.15, -0.1) is 4.40 Å². The molecule has 132 valence electrons. The van der Waals surface area contributed by atoms with Crippen LogP contribution in [0.25, 0.3) is 0 Å². The van der Waals surface area contributed by atoms with E-state index >= 15 is 0 Å². The van der Waals surface area contributed by atoms with Gasteiger partial charge in [0.2, 0.25) is 0 Å². The van der Waals surface area contributed by atoms with Crippen molar-refractivity contribution in [2.75, 3.05) is 5.32 Å². The van der Waals surface area contributed by atoms with E-state index < -0.39 is 10.0 Å². The van der Waals surface area contributed by atoms with Gasteiger partial charge in [-0.1, -0.05) is 71.7 Å². The van der Waals surface area contributed by atoms with Crippen molar-refractivity contribution >= 4 is 44.7 Å². The van der Waals surface area contributed by atoms with Crippen LogP contribution in [0.3, 0.4) is 0 Å². The maximum absolute atomic E-state index is 12.7. The first-order valence-electron chi connectivity index (χ1n) is 7.63. The summed E-state index contributed by atoms with van der Waals surface area (Å²) in [4.78, 5) is 0.104. The number of hydrogen-bond donors (Lipinski definition) is 1. The molecule has 0 saturated heterocycles. The first-order chi connectivity index (χ1) is 12.5. The highest BCUT2D eigenvalue weighted by atomic mass is 35.5. The van der Waals surface area contributed by atoms with Gasteiger partial charge in [-0.25, -0.2) is 0 Å². The summed E-state index contributed by atoms with van der Waals surface area (Å²) < 4.78 is 29.3. The highest BCUT2D eigenvalue weighted by Crippen LogP contribution is 2.26. The minimum atomic E-state index is -3.90. The molecule has 0 heterocycles. The Hall–Kier alpha value is -2.34. The number of benzene rings is 3. The second-order valence-electron chi connectivity index (χ2n) is 5.34. The highest BCUT2D eigenvalue weighted by Gasteiger charge is 2.16. The molecule has 7 heteroatoms. The summed E-state index contributed by atoms with van der Waals surface area (Å²) in [5, 5.41) is 3.85. The molecular weight excluding hydrogens is 391 g/mol. The van der Waals surface area contributed by atoms with Crippen LogP contribution in [0.1, 0.15) is 5.56 Å². The third-order valence-electron chi connectivity index (χ3n) is 3.48. The smallest absolute Gasteiger partial charge is 0.284 e. The number of amidine groups is 1. The maximum Gasteiger partial charge on any atom is 0.284 e. The molecule has 0 aliphatic carbocycles. The van der Waals surface area contributed by atoms with Gasteiger partial charge in [0.25, 0.3) is 10.0 Å². The van der Waals surface area contributed by atoms with Crippen LogP contribution in [-0.4, -0.2) is 14.3 Å². The van der Waals surface area contributed by atoms with E-state index in [0.29, 0.717) is 21.3 Å². The summed E-state index contributed by atoms with van der Waals surface area (Å²) in [6, 6.07) is 21.8. The molecule has 3 aromatic rings. The lowest BCUT2D eigenvalue weighted by molar-refractivity contribution is 0.598. The minimum Gasteiger partial charge on any atom is -0.338 e. The van der Waals surface area contributed by atoms with Gasteiger partial charge in [-0.2, -0.15) is 8.42 Å². The normalized spacial score (nSPS) is 12.0. The average molecular weight is 405 g/mol. The molecule has 0 bridgehead atoms. The molecule has 0 fully saturated rings. The van der Waals surface area contributed by atoms with Gasteiger partial charge in [0.15, 0.2) is 5.84 Å². The molecule has 0 aliphatic rings. The van der Waals surface area contributed by atoms with Crippen molar-refractivity contribution in [3.8, 4) is 0 Å². The van der Waals surface area contributed by atoms with Crippen molar-refractivity contribution < 1.29 is 8.42 Å². The fraction of sp³-hybridized carbons (Fsp3) is 0. The Bertz CT molecular complexity index is 1040. The third kappa shape index (κ3) is 4.43. The predicted molar refractivity (Wildman–Crippen MR) is 107 cm³/mol. The number of hydrogen-bond acceptors (Lipinski definition) is 2. The van der Waals surface area contributed by atoms with Gasteiger partial charge in [0, 0.05) is 10.6 Å². The van der Waals surface area contributed by atoms with E-state index in [4.69, 9.17) is 23.2 Å². The molecule has 0 atom stereocenters. The van der Waals surface area contributed by atoms with E-state index in [1.165, 1.54) is 12.1 Å². The first-order valence-corrected chi connectivity index (χ1v) is 9.83. The first kappa shape index (κ1) is 18.5. The number of sulfonamides is 1. The second-order valence-corrected chi connectivity index (χ2v) is 7.79. The Labute approximate surface area is 162 Å². The number of anilines is 1. The predicted octanol–water partition coefficient (Wildman–Crippen LogP) is 5.24. The molecule has 0 spiro atoms. The van der Waals surface area contributed by atoms with Gasteiger partial charge in [-0.05, 0) is 30.3 Å². The molecule has 0 amide bonds. The lowest BCUT2D eigenvalue weighted by Gasteiger charge is -2.12. The van der Waals surface area contributed by atoms with Crippen molar-refractivity contribution in [1.82, 2.24) is 0 Å². The third-order valence-corrected chi connectivity index (χ3v) is 5.34. The van der Waals surface area contributed by atoms with Crippen LogP contribution in [0.2, 0.25) is 10.0 Å². The van der Waals surface area contributed by atoms with E-state index in [9.17, 15) is 8.42 Å². The van der Waals surface area contributed by atoms with Crippen molar-refractivity contribution in [1.29, 1.82) is 0 Å². The van der Waals surface area contributed by atoms with Crippen molar-refractivity contribution in [2.24, 2.45) is 4.40 Å². The SMILES string of the molecule is O=S(=O)(/N=C(\Nc1cc(Cl)ccc1Cl)c1ccccc1)c1ccccc1. The molecule has 3 aromatic carbocycles. The molecule has 1 N–H and O–H groups in total. The Kier molecular flexibility index (Phi) is 5.61. The van der Waals surface area contributed by atoms with Gasteiger partial charge >= 0.3 is 0 Å². The molecule has 0 aliphatic heterocycles. The molecule has 0 saturated carbocycles. The van der Waals surface area contributed by atoms with Crippen LogP contribution < -0.4 is 5.32 Å². The summed E-state index contributed by atoms with van der Waals surface area (Å²) in [6.07, 6.45) is 0. The van der Waals surface area contributed by atoms with E-state index in [1.54, 1.807) is 60.7 Å². The Morgan fingerprint density at radius 1 is 0.846 bits per heavy atom. The summed E-state index contributed by atoms with van der Waals surface area (Å²) in [6.45, 7) is 0. The van der Waals surface area contributed by atoms with E-state index in [-0.39, 0.29) is 10.7 Å². The van der Waals surface area contributed by atoms with Crippen LogP contribution in [0.5, 0.6) is 0 Å². The monoisotopic (exact) mass is 404 g/mol. The topological polar surface area (TPSA) is 58.5 Å². The van der Waals surface area contributed by atoms with Crippen LogP contribution >= 0.6 is 23.2 Å². The van der Waals surface area contributed by atoms with Crippen LogP contribution in [0.15, 0.2) is 88.2 Å². The molecule has 0 unspecified atom stereocenters. The average Bonchev–Trinajstić information content (AvgIpc) is 2.65. The fourth-order valence-corrected chi connectivity index (χ4v) is 3.56. The molecule has 4 nitrogen and oxygen atoms in total. The number of nitrogens with zero attached hydrogens (tertiary/aromatic N) is 1. The molecule has 26 heavy (non-hydrogen) atoms. The largest absolute Gasteiger partial charge is 0.338 e. The molecule has 0 radical (unpaired) electrons. The van der Waals surface area contributed by atoms with Crippen LogP contribution in [-0.2, 0) is 10.0 Å².